The number of aryl methyl sites for hydroxylation is 1. The number of carbonyl (C=O) groups is 1. The number of likely N-dealkylation sites (N-methyl/N-ethyl adjacent to an activating group) is 1. The fraction of sp³-hybridized carbons (Fsp3) is 0.292. The van der Waals surface area contributed by atoms with Crippen LogP contribution >= 0.6 is 34.3 Å². The van der Waals surface area contributed by atoms with Crippen molar-refractivity contribution < 1.29 is 4.79 Å². The molecule has 1 aliphatic heterocycles. The minimum absolute atomic E-state index is 0.0976. The minimum atomic E-state index is -0.553. The second kappa shape index (κ2) is 9.17. The number of amides is 1. The highest BCUT2D eigenvalue weighted by molar-refractivity contribution is 7.11. The Morgan fingerprint density at radius 3 is 2.47 bits per heavy atom. The maximum atomic E-state index is 13.6. The van der Waals surface area contributed by atoms with E-state index in [1.807, 2.05) is 57.4 Å². The van der Waals surface area contributed by atoms with Gasteiger partial charge >= 0.3 is 0 Å². The summed E-state index contributed by atoms with van der Waals surface area (Å²) in [5, 5.41) is 2.62. The standard InChI is InChI=1S/C24H24ClN3O2S2/c1-5-27(6-2)23(30)20-15(4)26-24-28(21(20)16-7-9-17(25)10-8-16)22(29)19(32-24)13-18-14(3)11-12-31-18/h7-13,21H,5-6H2,1-4H3/b19-13+/t21-/m0/s1. The monoisotopic (exact) mass is 485 g/mol. The quantitative estimate of drug-likeness (QED) is 0.545. The lowest BCUT2D eigenvalue weighted by atomic mass is 9.94. The third-order valence-electron chi connectivity index (χ3n) is 5.65. The van der Waals surface area contributed by atoms with E-state index in [2.05, 4.69) is 0 Å². The number of fused-ring (bicyclic) bond motifs is 1. The molecule has 1 atom stereocenters. The van der Waals surface area contributed by atoms with Crippen molar-refractivity contribution >= 4 is 46.3 Å². The molecule has 0 fully saturated rings. The summed E-state index contributed by atoms with van der Waals surface area (Å²) < 4.78 is 2.27. The zero-order valence-electron chi connectivity index (χ0n) is 18.4. The van der Waals surface area contributed by atoms with Gasteiger partial charge in [0.15, 0.2) is 4.80 Å². The molecule has 166 valence electrons. The average Bonchev–Trinajstić information content (AvgIpc) is 3.31. The molecule has 0 aliphatic carbocycles. The van der Waals surface area contributed by atoms with E-state index < -0.39 is 6.04 Å². The molecule has 1 amide bonds. The predicted octanol–water partition coefficient (Wildman–Crippen LogP) is 4.13. The van der Waals surface area contributed by atoms with Crippen LogP contribution in [0.25, 0.3) is 6.08 Å². The second-order valence-electron chi connectivity index (χ2n) is 7.58. The molecule has 0 saturated carbocycles. The predicted molar refractivity (Wildman–Crippen MR) is 132 cm³/mol. The van der Waals surface area contributed by atoms with Crippen LogP contribution in [0.5, 0.6) is 0 Å². The second-order valence-corrected chi connectivity index (χ2v) is 9.97. The maximum Gasteiger partial charge on any atom is 0.271 e. The smallest absolute Gasteiger partial charge is 0.271 e. The Morgan fingerprint density at radius 1 is 1.19 bits per heavy atom. The Morgan fingerprint density at radius 2 is 1.88 bits per heavy atom. The van der Waals surface area contributed by atoms with Gasteiger partial charge in [-0.05, 0) is 68.5 Å². The average molecular weight is 486 g/mol. The minimum Gasteiger partial charge on any atom is -0.339 e. The summed E-state index contributed by atoms with van der Waals surface area (Å²) in [4.78, 5) is 35.2. The van der Waals surface area contributed by atoms with E-state index in [-0.39, 0.29) is 11.5 Å². The van der Waals surface area contributed by atoms with Gasteiger partial charge in [0.25, 0.3) is 11.5 Å². The fourth-order valence-corrected chi connectivity index (χ4v) is 5.98. The van der Waals surface area contributed by atoms with Crippen LogP contribution < -0.4 is 14.9 Å². The van der Waals surface area contributed by atoms with E-state index in [0.717, 1.165) is 16.0 Å². The molecule has 3 aromatic rings. The van der Waals surface area contributed by atoms with Crippen molar-refractivity contribution in [3.05, 3.63) is 87.7 Å². The Balaban J connectivity index is 1.97. The molecule has 4 rings (SSSR count). The van der Waals surface area contributed by atoms with Crippen molar-refractivity contribution in [3.8, 4) is 0 Å². The van der Waals surface area contributed by atoms with Gasteiger partial charge in [0, 0.05) is 23.0 Å². The molecular formula is C24H24ClN3O2S2. The van der Waals surface area contributed by atoms with Gasteiger partial charge in [0.1, 0.15) is 0 Å². The first-order chi connectivity index (χ1) is 15.3. The van der Waals surface area contributed by atoms with Gasteiger partial charge in [-0.2, -0.15) is 0 Å². The molecule has 0 bridgehead atoms. The van der Waals surface area contributed by atoms with Crippen molar-refractivity contribution in [2.75, 3.05) is 13.1 Å². The zero-order chi connectivity index (χ0) is 23.0. The zero-order valence-corrected chi connectivity index (χ0v) is 20.8. The van der Waals surface area contributed by atoms with E-state index >= 15 is 0 Å². The lowest BCUT2D eigenvalue weighted by Crippen LogP contribution is -2.43. The number of rotatable bonds is 5. The number of thiazole rings is 1. The molecule has 2 aromatic heterocycles. The first-order valence-electron chi connectivity index (χ1n) is 10.5. The van der Waals surface area contributed by atoms with E-state index in [4.69, 9.17) is 16.6 Å². The lowest BCUT2D eigenvalue weighted by molar-refractivity contribution is -0.127. The van der Waals surface area contributed by atoms with Gasteiger partial charge in [-0.1, -0.05) is 35.1 Å². The van der Waals surface area contributed by atoms with Gasteiger partial charge in [-0.3, -0.25) is 14.2 Å². The molecule has 32 heavy (non-hydrogen) atoms. The van der Waals surface area contributed by atoms with Crippen molar-refractivity contribution in [3.63, 3.8) is 0 Å². The van der Waals surface area contributed by atoms with E-state index in [1.54, 1.807) is 32.9 Å². The van der Waals surface area contributed by atoms with Crippen LogP contribution in [0.3, 0.4) is 0 Å². The lowest BCUT2D eigenvalue weighted by Gasteiger charge is -2.29. The molecule has 1 aromatic carbocycles. The summed E-state index contributed by atoms with van der Waals surface area (Å²) >= 11 is 9.09. The number of hydrogen-bond donors (Lipinski definition) is 0. The largest absolute Gasteiger partial charge is 0.339 e. The van der Waals surface area contributed by atoms with Crippen molar-refractivity contribution in [1.82, 2.24) is 9.47 Å². The molecule has 0 spiro atoms. The van der Waals surface area contributed by atoms with E-state index in [0.29, 0.717) is 38.7 Å². The molecule has 0 N–H and O–H groups in total. The number of hydrogen-bond acceptors (Lipinski definition) is 5. The number of nitrogens with zero attached hydrogens (tertiary/aromatic N) is 3. The number of aromatic nitrogens is 1. The number of allylic oxidation sites excluding steroid dienone is 1. The van der Waals surface area contributed by atoms with E-state index in [9.17, 15) is 9.59 Å². The number of thiophene rings is 1. The van der Waals surface area contributed by atoms with Crippen LogP contribution in [-0.4, -0.2) is 28.5 Å². The Bertz CT molecular complexity index is 1380. The number of halogens is 1. The van der Waals surface area contributed by atoms with Crippen molar-refractivity contribution in [1.29, 1.82) is 0 Å². The highest BCUT2D eigenvalue weighted by Crippen LogP contribution is 2.31. The van der Waals surface area contributed by atoms with Gasteiger partial charge in [0.05, 0.1) is 21.8 Å². The number of carbonyl (C=O) groups excluding carboxylic acids is 1. The highest BCUT2D eigenvalue weighted by atomic mass is 35.5. The van der Waals surface area contributed by atoms with Crippen LogP contribution in [0.2, 0.25) is 5.02 Å². The molecule has 0 unspecified atom stereocenters. The molecule has 5 nitrogen and oxygen atoms in total. The van der Waals surface area contributed by atoms with Gasteiger partial charge in [-0.15, -0.1) is 11.3 Å². The first-order valence-corrected chi connectivity index (χ1v) is 12.5. The summed E-state index contributed by atoms with van der Waals surface area (Å²) in [6.45, 7) is 8.95. The molecule has 1 aliphatic rings. The summed E-state index contributed by atoms with van der Waals surface area (Å²) in [7, 11) is 0. The Labute approximate surface area is 199 Å². The third-order valence-corrected chi connectivity index (χ3v) is 7.85. The highest BCUT2D eigenvalue weighted by Gasteiger charge is 2.34. The molecule has 8 heteroatoms. The Hall–Kier alpha value is -2.48. The summed E-state index contributed by atoms with van der Waals surface area (Å²) in [6, 6.07) is 8.81. The summed E-state index contributed by atoms with van der Waals surface area (Å²) in [5.41, 5.74) is 2.99. The van der Waals surface area contributed by atoms with Crippen molar-refractivity contribution in [2.24, 2.45) is 4.99 Å². The molecule has 3 heterocycles. The summed E-state index contributed by atoms with van der Waals surface area (Å²) in [5.74, 6) is -0.0976. The van der Waals surface area contributed by atoms with Crippen LogP contribution in [0.15, 0.2) is 56.8 Å². The number of benzene rings is 1. The van der Waals surface area contributed by atoms with Gasteiger partial charge < -0.3 is 4.90 Å². The van der Waals surface area contributed by atoms with Gasteiger partial charge in [-0.25, -0.2) is 4.99 Å². The summed E-state index contributed by atoms with van der Waals surface area (Å²) in [6.07, 6.45) is 1.92. The first kappa shape index (κ1) is 22.7. The molecule has 0 radical (unpaired) electrons. The van der Waals surface area contributed by atoms with Crippen LogP contribution in [0.4, 0.5) is 0 Å². The van der Waals surface area contributed by atoms with Crippen LogP contribution in [-0.2, 0) is 4.79 Å². The van der Waals surface area contributed by atoms with Gasteiger partial charge in [0.2, 0.25) is 0 Å². The van der Waals surface area contributed by atoms with Crippen LogP contribution in [0.1, 0.15) is 42.8 Å². The van der Waals surface area contributed by atoms with E-state index in [1.165, 1.54) is 11.3 Å². The molecule has 0 saturated heterocycles. The van der Waals surface area contributed by atoms with Crippen molar-refractivity contribution in [2.45, 2.75) is 33.7 Å². The topological polar surface area (TPSA) is 54.7 Å². The van der Waals surface area contributed by atoms with Crippen LogP contribution in [0, 0.1) is 6.92 Å². The Kier molecular flexibility index (Phi) is 6.51. The maximum absolute atomic E-state index is 13.6. The fourth-order valence-electron chi connectivity index (χ4n) is 3.89. The third kappa shape index (κ3) is 4.00. The molecular weight excluding hydrogens is 462 g/mol. The SMILES string of the molecule is CCN(CC)C(=O)C1=C(C)N=c2s/c(=C/c3sccc3C)c(=O)n2[C@H]1c1ccc(Cl)cc1. The normalized spacial score (nSPS) is 16.2.